The first-order chi connectivity index (χ1) is 4.58. The van der Waals surface area contributed by atoms with Gasteiger partial charge in [-0.1, -0.05) is 0 Å². The van der Waals surface area contributed by atoms with Crippen molar-refractivity contribution in [3.8, 4) is 5.95 Å². The fourth-order valence-corrected chi connectivity index (χ4v) is 0.750. The molecule has 0 aromatic carbocycles. The summed E-state index contributed by atoms with van der Waals surface area (Å²) in [4.78, 5) is 19.8. The molecule has 13 heavy (non-hydrogen) atoms. The van der Waals surface area contributed by atoms with Crippen LogP contribution in [0.15, 0.2) is 22.8 Å². The molecule has 1 rings (SSSR count). The predicted molar refractivity (Wildman–Crippen MR) is 38.2 cm³/mol. The zero-order valence-electron chi connectivity index (χ0n) is 6.25. The molecule has 0 bridgehead atoms. The summed E-state index contributed by atoms with van der Waals surface area (Å²) in [5.41, 5.74) is 0. The van der Waals surface area contributed by atoms with E-state index in [0.29, 0.717) is 0 Å². The van der Waals surface area contributed by atoms with E-state index in [2.05, 4.69) is 8.94 Å². The maximum absolute atomic E-state index is 9.89. The van der Waals surface area contributed by atoms with Crippen LogP contribution in [-0.4, -0.2) is 28.3 Å². The summed E-state index contributed by atoms with van der Waals surface area (Å²) in [6.45, 7) is 0. The first-order valence-corrected chi connectivity index (χ1v) is 3.79. The Morgan fingerprint density at radius 1 is 1.46 bits per heavy atom. The molecular weight excluding hydrogens is 218 g/mol. The van der Waals surface area contributed by atoms with E-state index in [9.17, 15) is 14.4 Å². The summed E-state index contributed by atoms with van der Waals surface area (Å²) in [5.74, 6) is -0.312. The Morgan fingerprint density at radius 3 is 2.31 bits per heavy atom. The van der Waals surface area contributed by atoms with Crippen LogP contribution < -0.4 is 14.3 Å². The van der Waals surface area contributed by atoms with E-state index in [4.69, 9.17) is 0 Å². The van der Waals surface area contributed by atoms with Gasteiger partial charge >= 0.3 is 17.4 Å². The van der Waals surface area contributed by atoms with Crippen LogP contribution >= 0.6 is 7.82 Å². The predicted octanol–water partition coefficient (Wildman–Crippen LogP) is -1.90. The van der Waals surface area contributed by atoms with Gasteiger partial charge in [0.05, 0.1) is 6.26 Å². The Morgan fingerprint density at radius 2 is 2.00 bits per heavy atom. The van der Waals surface area contributed by atoms with Gasteiger partial charge in [0.25, 0.3) is 5.95 Å². The molecule has 3 N–H and O–H groups in total. The largest absolute Gasteiger partial charge is 3.00 e. The van der Waals surface area contributed by atoms with Crippen LogP contribution in [0.25, 0.3) is 0 Å². The number of furan rings is 1. The molecule has 0 aliphatic rings. The van der Waals surface area contributed by atoms with Crippen molar-refractivity contribution in [2.75, 3.05) is 0 Å². The Bertz CT molecular complexity index is 241. The van der Waals surface area contributed by atoms with Gasteiger partial charge in [0, 0.05) is 6.07 Å². The molecule has 0 aliphatic heterocycles. The van der Waals surface area contributed by atoms with E-state index in [1.165, 1.54) is 18.4 Å². The van der Waals surface area contributed by atoms with Gasteiger partial charge in [0.2, 0.25) is 0 Å². The quantitative estimate of drug-likeness (QED) is 0.423. The minimum atomic E-state index is -4.95. The van der Waals surface area contributed by atoms with Crippen molar-refractivity contribution in [3.05, 3.63) is 18.4 Å². The standard InChI is InChI=1S/C4H5O5P.Al.2H2O/c5-10(6,7)9-4-2-1-3-8-4;;;/h1-3H,(H2,5,6,7);;2*1H2/q;+3;;/p-3. The van der Waals surface area contributed by atoms with E-state index in [1.54, 1.807) is 0 Å². The molecule has 0 radical (unpaired) electrons. The molecule has 0 atom stereocenters. The van der Waals surface area contributed by atoms with Crippen LogP contribution in [0, 0.1) is 0 Å². The molecule has 1 aromatic heterocycles. The topological polar surface area (TPSA) is 147 Å². The summed E-state index contributed by atoms with van der Waals surface area (Å²) in [6.07, 6.45) is 1.20. The van der Waals surface area contributed by atoms with Crippen LogP contribution in [0.4, 0.5) is 0 Å². The maximum atomic E-state index is 9.89. The van der Waals surface area contributed by atoms with Gasteiger partial charge in [0.15, 0.2) is 0 Å². The fourth-order valence-electron chi connectivity index (χ4n) is 0.426. The van der Waals surface area contributed by atoms with Crippen LogP contribution in [0.1, 0.15) is 0 Å². The third-order valence-electron chi connectivity index (χ3n) is 0.697. The monoisotopic (exact) mass is 224 g/mol. The summed E-state index contributed by atoms with van der Waals surface area (Å²) >= 11 is 0. The first-order valence-electron chi connectivity index (χ1n) is 2.33. The van der Waals surface area contributed by atoms with Gasteiger partial charge in [-0.15, -0.1) is 0 Å². The first kappa shape index (κ1) is 18.5. The van der Waals surface area contributed by atoms with E-state index in [-0.39, 0.29) is 34.3 Å². The second kappa shape index (κ2) is 7.12. The second-order valence-electron chi connectivity index (χ2n) is 1.47. The molecule has 0 amide bonds. The normalized spacial score (nSPS) is 8.77. The Kier molecular flexibility index (Phi) is 10.1. The number of hydrogen-bond donors (Lipinski definition) is 0. The second-order valence-corrected chi connectivity index (χ2v) is 2.55. The molecule has 0 saturated carbocycles. The number of hydrogen-bond acceptors (Lipinski definition) is 6. The molecule has 7 nitrogen and oxygen atoms in total. The van der Waals surface area contributed by atoms with Crippen molar-refractivity contribution >= 4 is 25.2 Å². The summed E-state index contributed by atoms with van der Waals surface area (Å²) in [7, 11) is -4.95. The summed E-state index contributed by atoms with van der Waals surface area (Å²) < 4.78 is 18.1. The molecule has 72 valence electrons. The van der Waals surface area contributed by atoms with Gasteiger partial charge in [-0.25, -0.2) is 0 Å². The van der Waals surface area contributed by atoms with Crippen molar-refractivity contribution in [2.45, 2.75) is 0 Å². The van der Waals surface area contributed by atoms with Gasteiger partial charge < -0.3 is 34.2 Å². The minimum Gasteiger partial charge on any atom is -0.870 e. The third kappa shape index (κ3) is 8.02. The molecule has 1 heterocycles. The molecule has 1 aromatic rings. The SMILES string of the molecule is O.O=P([O-])([O-])Oc1ccco1.[Al+3].[OH-]. The minimum absolute atomic E-state index is 0. The maximum Gasteiger partial charge on any atom is 3.00 e. The van der Waals surface area contributed by atoms with Crippen LogP contribution in [0.2, 0.25) is 0 Å². The van der Waals surface area contributed by atoms with Gasteiger partial charge in [0.1, 0.15) is 7.82 Å². The van der Waals surface area contributed by atoms with Crippen molar-refractivity contribution < 1.29 is 34.2 Å². The van der Waals surface area contributed by atoms with Gasteiger partial charge in [-0.2, -0.15) is 0 Å². The van der Waals surface area contributed by atoms with E-state index < -0.39 is 7.82 Å². The molecular formula is C4H6AlO7P. The smallest absolute Gasteiger partial charge is 0.870 e. The number of phosphoric ester groups is 1. The number of phosphoric acid groups is 1. The molecule has 0 unspecified atom stereocenters. The zero-order chi connectivity index (χ0) is 7.61. The van der Waals surface area contributed by atoms with E-state index in [0.717, 1.165) is 0 Å². The fraction of sp³-hybridized carbons (Fsp3) is 0. The number of rotatable bonds is 2. The molecule has 0 spiro atoms. The summed E-state index contributed by atoms with van der Waals surface area (Å²) in [6, 6.07) is 2.63. The summed E-state index contributed by atoms with van der Waals surface area (Å²) in [5, 5.41) is 0. The van der Waals surface area contributed by atoms with E-state index >= 15 is 0 Å². The van der Waals surface area contributed by atoms with Crippen molar-refractivity contribution in [2.24, 2.45) is 0 Å². The average Bonchev–Trinajstić information content (AvgIpc) is 2.12. The van der Waals surface area contributed by atoms with Crippen molar-refractivity contribution in [1.29, 1.82) is 0 Å². The van der Waals surface area contributed by atoms with Crippen molar-refractivity contribution in [1.82, 2.24) is 0 Å². The van der Waals surface area contributed by atoms with Gasteiger partial charge in [-0.3, -0.25) is 0 Å². The Balaban J connectivity index is -0.000000333. The Labute approximate surface area is 84.3 Å². The zero-order valence-corrected chi connectivity index (χ0v) is 8.29. The van der Waals surface area contributed by atoms with Gasteiger partial charge in [-0.05, 0) is 6.07 Å². The van der Waals surface area contributed by atoms with Crippen LogP contribution in [0.5, 0.6) is 5.95 Å². The Hall–Kier alpha value is -0.318. The van der Waals surface area contributed by atoms with Crippen LogP contribution in [0.3, 0.4) is 0 Å². The average molecular weight is 224 g/mol. The molecule has 0 aliphatic carbocycles. The molecule has 9 heteroatoms. The molecule has 0 fully saturated rings. The third-order valence-corrected chi connectivity index (χ3v) is 1.10. The van der Waals surface area contributed by atoms with E-state index in [1.807, 2.05) is 0 Å². The van der Waals surface area contributed by atoms with Crippen LogP contribution in [-0.2, 0) is 4.57 Å². The van der Waals surface area contributed by atoms with Crippen molar-refractivity contribution in [3.63, 3.8) is 0 Å². The molecule has 0 saturated heterocycles.